The predicted molar refractivity (Wildman–Crippen MR) is 105 cm³/mol. The molecule has 4 rings (SSSR count). The summed E-state index contributed by atoms with van der Waals surface area (Å²) in [7, 11) is 0. The first-order valence-electron chi connectivity index (χ1n) is 8.07. The number of aromatic nitrogens is 2. The van der Waals surface area contributed by atoms with Gasteiger partial charge in [0.05, 0.1) is 10.2 Å². The number of hydrogen-bond acceptors (Lipinski definition) is 4. The van der Waals surface area contributed by atoms with Gasteiger partial charge in [-0.2, -0.15) is 0 Å². The van der Waals surface area contributed by atoms with Crippen molar-refractivity contribution in [3.63, 3.8) is 0 Å². The number of H-pyrrole nitrogens is 1. The highest BCUT2D eigenvalue weighted by Gasteiger charge is 2.13. The van der Waals surface area contributed by atoms with Crippen molar-refractivity contribution in [1.29, 1.82) is 0 Å². The molecule has 4 aromatic rings. The third-order valence-electron chi connectivity index (χ3n) is 4.10. The Labute approximate surface area is 153 Å². The minimum atomic E-state index is -0.434. The van der Waals surface area contributed by atoms with E-state index in [4.69, 9.17) is 0 Å². The van der Waals surface area contributed by atoms with E-state index in [1.165, 1.54) is 18.5 Å². The van der Waals surface area contributed by atoms with E-state index in [2.05, 4.69) is 15.3 Å². The second kappa shape index (κ2) is 6.57. The third kappa shape index (κ3) is 3.02. The second-order valence-electron chi connectivity index (χ2n) is 5.89. The Balaban J connectivity index is 1.69. The molecular weight excluding hydrogens is 346 g/mol. The van der Waals surface area contributed by atoms with E-state index in [1.807, 2.05) is 49.4 Å². The van der Waals surface area contributed by atoms with Crippen molar-refractivity contribution in [3.8, 4) is 10.6 Å². The van der Waals surface area contributed by atoms with Crippen LogP contribution in [0.5, 0.6) is 0 Å². The number of anilines is 1. The maximum absolute atomic E-state index is 12.4. The summed E-state index contributed by atoms with van der Waals surface area (Å²) in [4.78, 5) is 31.7. The molecule has 2 aromatic carbocycles. The fraction of sp³-hybridized carbons (Fsp3) is 0.0500. The van der Waals surface area contributed by atoms with Crippen LogP contribution in [-0.2, 0) is 0 Å². The molecule has 0 saturated carbocycles. The molecule has 0 radical (unpaired) electrons. The van der Waals surface area contributed by atoms with Gasteiger partial charge in [-0.25, -0.2) is 4.98 Å². The van der Waals surface area contributed by atoms with Crippen LogP contribution in [0.15, 0.2) is 65.7 Å². The predicted octanol–water partition coefficient (Wildman–Crippen LogP) is 4.21. The lowest BCUT2D eigenvalue weighted by Gasteiger charge is -2.09. The van der Waals surface area contributed by atoms with Crippen molar-refractivity contribution >= 4 is 33.1 Å². The van der Waals surface area contributed by atoms with E-state index < -0.39 is 5.91 Å². The fourth-order valence-electron chi connectivity index (χ4n) is 2.67. The summed E-state index contributed by atoms with van der Waals surface area (Å²) in [5.41, 5.74) is 3.22. The lowest BCUT2D eigenvalue weighted by molar-refractivity contribution is 0.102. The second-order valence-corrected chi connectivity index (χ2v) is 6.92. The summed E-state index contributed by atoms with van der Waals surface area (Å²) in [5, 5.41) is 3.72. The minimum Gasteiger partial charge on any atom is -0.367 e. The zero-order valence-electron chi connectivity index (χ0n) is 13.9. The van der Waals surface area contributed by atoms with Gasteiger partial charge in [-0.15, -0.1) is 11.3 Å². The first kappa shape index (κ1) is 16.2. The van der Waals surface area contributed by atoms with Crippen LogP contribution < -0.4 is 10.7 Å². The molecule has 26 heavy (non-hydrogen) atoms. The van der Waals surface area contributed by atoms with Gasteiger partial charge < -0.3 is 10.3 Å². The van der Waals surface area contributed by atoms with Gasteiger partial charge in [0.1, 0.15) is 10.6 Å². The lowest BCUT2D eigenvalue weighted by atomic mass is 10.1. The molecule has 0 spiro atoms. The number of carbonyl (C=O) groups is 1. The van der Waals surface area contributed by atoms with Crippen LogP contribution in [0.4, 0.5) is 5.69 Å². The average molecular weight is 361 g/mol. The van der Waals surface area contributed by atoms with Crippen LogP contribution in [0.3, 0.4) is 0 Å². The highest BCUT2D eigenvalue weighted by molar-refractivity contribution is 7.21. The normalized spacial score (nSPS) is 10.8. The highest BCUT2D eigenvalue weighted by Crippen LogP contribution is 2.32. The molecule has 2 heterocycles. The molecular formula is C20H15N3O2S. The number of fused-ring (bicyclic) bond motifs is 1. The number of amides is 1. The maximum atomic E-state index is 12.4. The summed E-state index contributed by atoms with van der Waals surface area (Å²) in [6.45, 7) is 1.91. The number of pyridine rings is 1. The molecule has 0 fully saturated rings. The quantitative estimate of drug-likeness (QED) is 0.574. The Kier molecular flexibility index (Phi) is 4.10. The number of thiazole rings is 1. The first-order valence-corrected chi connectivity index (χ1v) is 8.88. The van der Waals surface area contributed by atoms with Crippen LogP contribution in [0.2, 0.25) is 0 Å². The summed E-state index contributed by atoms with van der Waals surface area (Å²) in [5.74, 6) is -0.434. The smallest absolute Gasteiger partial charge is 0.261 e. The molecule has 1 amide bonds. The van der Waals surface area contributed by atoms with Crippen molar-refractivity contribution in [2.75, 3.05) is 5.32 Å². The summed E-state index contributed by atoms with van der Waals surface area (Å²) in [6, 6.07) is 15.1. The number of rotatable bonds is 3. The molecule has 0 aliphatic heterocycles. The van der Waals surface area contributed by atoms with E-state index in [9.17, 15) is 9.59 Å². The molecule has 6 heteroatoms. The van der Waals surface area contributed by atoms with E-state index in [0.717, 1.165) is 26.4 Å². The van der Waals surface area contributed by atoms with E-state index in [0.29, 0.717) is 5.69 Å². The average Bonchev–Trinajstić information content (AvgIpc) is 3.08. The Morgan fingerprint density at radius 1 is 1.15 bits per heavy atom. The van der Waals surface area contributed by atoms with Crippen LogP contribution in [0.25, 0.3) is 20.8 Å². The number of benzene rings is 2. The Morgan fingerprint density at radius 3 is 2.81 bits per heavy atom. The molecule has 2 N–H and O–H groups in total. The van der Waals surface area contributed by atoms with Gasteiger partial charge in [0.25, 0.3) is 5.91 Å². The number of para-hydroxylation sites is 1. The van der Waals surface area contributed by atoms with Gasteiger partial charge in [0.2, 0.25) is 0 Å². The standard InChI is InChI=1S/C20H15N3O2S/c1-12-6-7-13(20-23-15-4-2-3-5-18(15)26-20)10-16(12)22-19(25)14-11-21-9-8-17(14)24/h2-11H,1H3,(H,21,24)(H,22,25). The van der Waals surface area contributed by atoms with Gasteiger partial charge in [-0.05, 0) is 30.7 Å². The van der Waals surface area contributed by atoms with E-state index in [-0.39, 0.29) is 11.0 Å². The molecule has 5 nitrogen and oxygen atoms in total. The number of aromatic amines is 1. The van der Waals surface area contributed by atoms with E-state index >= 15 is 0 Å². The molecule has 0 aliphatic rings. The van der Waals surface area contributed by atoms with Crippen molar-refractivity contribution in [3.05, 3.63) is 82.3 Å². The monoisotopic (exact) mass is 361 g/mol. The fourth-order valence-corrected chi connectivity index (χ4v) is 3.63. The zero-order valence-corrected chi connectivity index (χ0v) is 14.8. The molecule has 0 saturated heterocycles. The minimum absolute atomic E-state index is 0.0808. The molecule has 0 atom stereocenters. The topological polar surface area (TPSA) is 74.8 Å². The van der Waals surface area contributed by atoms with Gasteiger partial charge in [0, 0.05) is 29.7 Å². The zero-order chi connectivity index (χ0) is 18.1. The van der Waals surface area contributed by atoms with Crippen molar-refractivity contribution in [2.45, 2.75) is 6.92 Å². The van der Waals surface area contributed by atoms with Crippen molar-refractivity contribution in [1.82, 2.24) is 9.97 Å². The first-order chi connectivity index (χ1) is 12.6. The number of hydrogen-bond donors (Lipinski definition) is 2. The number of carbonyl (C=O) groups excluding carboxylic acids is 1. The SMILES string of the molecule is Cc1ccc(-c2nc3ccccc3s2)cc1NC(=O)c1c[nH]ccc1=O. The molecule has 0 aliphatic carbocycles. The summed E-state index contributed by atoms with van der Waals surface area (Å²) >= 11 is 1.60. The van der Waals surface area contributed by atoms with E-state index in [1.54, 1.807) is 11.3 Å². The number of nitrogens with one attached hydrogen (secondary N) is 2. The third-order valence-corrected chi connectivity index (χ3v) is 5.18. The molecule has 0 bridgehead atoms. The molecule has 2 aromatic heterocycles. The van der Waals surface area contributed by atoms with Gasteiger partial charge in [0.15, 0.2) is 5.43 Å². The van der Waals surface area contributed by atoms with Crippen LogP contribution in [0, 0.1) is 6.92 Å². The summed E-state index contributed by atoms with van der Waals surface area (Å²) < 4.78 is 1.12. The Morgan fingerprint density at radius 2 is 2.00 bits per heavy atom. The summed E-state index contributed by atoms with van der Waals surface area (Å²) in [6.07, 6.45) is 2.91. The number of nitrogens with zero attached hydrogens (tertiary/aromatic N) is 1. The van der Waals surface area contributed by atoms with Crippen LogP contribution >= 0.6 is 11.3 Å². The molecule has 128 valence electrons. The Hall–Kier alpha value is -3.25. The maximum Gasteiger partial charge on any atom is 0.261 e. The van der Waals surface area contributed by atoms with Gasteiger partial charge in [-0.3, -0.25) is 9.59 Å². The Bertz CT molecular complexity index is 1140. The number of aryl methyl sites for hydroxylation is 1. The highest BCUT2D eigenvalue weighted by atomic mass is 32.1. The largest absolute Gasteiger partial charge is 0.367 e. The lowest BCUT2D eigenvalue weighted by Crippen LogP contribution is -2.21. The van der Waals surface area contributed by atoms with Crippen LogP contribution in [0.1, 0.15) is 15.9 Å². The van der Waals surface area contributed by atoms with Crippen molar-refractivity contribution < 1.29 is 4.79 Å². The molecule has 0 unspecified atom stereocenters. The van der Waals surface area contributed by atoms with Gasteiger partial charge >= 0.3 is 0 Å². The van der Waals surface area contributed by atoms with Gasteiger partial charge in [-0.1, -0.05) is 24.3 Å². The van der Waals surface area contributed by atoms with Crippen LogP contribution in [-0.4, -0.2) is 15.9 Å². The van der Waals surface area contributed by atoms with Crippen molar-refractivity contribution in [2.24, 2.45) is 0 Å².